The molecule has 0 spiro atoms. The topological polar surface area (TPSA) is 46.2 Å². The van der Waals surface area contributed by atoms with Crippen LogP contribution in [0.1, 0.15) is 40.5 Å². The summed E-state index contributed by atoms with van der Waals surface area (Å²) in [6, 6.07) is 1.99. The van der Waals surface area contributed by atoms with Crippen LogP contribution in [0.4, 0.5) is 0 Å². The summed E-state index contributed by atoms with van der Waals surface area (Å²) < 4.78 is 26.8. The van der Waals surface area contributed by atoms with E-state index in [1.807, 2.05) is 13.8 Å². The van der Waals surface area contributed by atoms with Gasteiger partial charge in [-0.25, -0.2) is 0 Å². The lowest BCUT2D eigenvalue weighted by molar-refractivity contribution is 0.123. The van der Waals surface area contributed by atoms with Crippen molar-refractivity contribution < 1.29 is 22.1 Å². The van der Waals surface area contributed by atoms with Gasteiger partial charge in [0.15, 0.2) is 0 Å². The van der Waals surface area contributed by atoms with Gasteiger partial charge in [-0.15, -0.1) is 0 Å². The zero-order valence-corrected chi connectivity index (χ0v) is 17.3. The second-order valence-corrected chi connectivity index (χ2v) is 11.2. The summed E-state index contributed by atoms with van der Waals surface area (Å²) in [6.07, 6.45) is 2.18. The zero-order chi connectivity index (χ0) is 16.8. The summed E-state index contributed by atoms with van der Waals surface area (Å²) in [4.78, 5) is 0. The Morgan fingerprint density at radius 2 is 1.05 bits per heavy atom. The normalized spacial score (nSPS) is 12.0. The molecule has 0 aromatic rings. The monoisotopic (exact) mass is 340 g/mol. The molecule has 0 aliphatic heterocycles. The van der Waals surface area contributed by atoms with Crippen LogP contribution in [0.5, 0.6) is 0 Å². The van der Waals surface area contributed by atoms with Crippen LogP contribution in [0.3, 0.4) is 0 Å². The van der Waals surface area contributed by atoms with E-state index in [2.05, 4.69) is 20.4 Å². The van der Waals surface area contributed by atoms with Crippen LogP contribution in [-0.2, 0) is 22.1 Å². The average Bonchev–Trinajstić information content (AvgIpc) is 2.46. The summed E-state index contributed by atoms with van der Waals surface area (Å²) in [7, 11) is 0.935. The van der Waals surface area contributed by atoms with Gasteiger partial charge in [0, 0.05) is 40.6 Å². The van der Waals surface area contributed by atoms with Gasteiger partial charge in [-0.05, 0) is 26.4 Å². The van der Waals surface area contributed by atoms with E-state index in [-0.39, 0.29) is 0 Å². The van der Waals surface area contributed by atoms with E-state index in [9.17, 15) is 0 Å². The summed E-state index contributed by atoms with van der Waals surface area (Å²) in [6.45, 7) is 12.0. The highest BCUT2D eigenvalue weighted by Crippen LogP contribution is 2.15. The van der Waals surface area contributed by atoms with E-state index in [0.29, 0.717) is 0 Å². The Labute approximate surface area is 133 Å². The van der Waals surface area contributed by atoms with Gasteiger partial charge in [0.1, 0.15) is 0 Å². The molecule has 0 rings (SSSR count). The Bertz CT molecular complexity index is 200. The van der Waals surface area contributed by atoms with Crippen molar-refractivity contribution in [2.45, 2.75) is 59.2 Å². The predicted octanol–water partition coefficient (Wildman–Crippen LogP) is 3.82. The molecule has 0 radical (unpaired) electrons. The number of hydrogen-bond acceptors (Lipinski definition) is 5. The molecule has 0 aliphatic rings. The van der Waals surface area contributed by atoms with Crippen molar-refractivity contribution >= 4 is 17.4 Å². The van der Waals surface area contributed by atoms with E-state index in [0.717, 1.165) is 38.1 Å². The molecule has 0 aromatic carbocycles. The van der Waals surface area contributed by atoms with Gasteiger partial charge in [-0.1, -0.05) is 26.7 Å². The molecule has 0 unspecified atom stereocenters. The fourth-order valence-electron chi connectivity index (χ4n) is 2.11. The number of rotatable bonds is 11. The maximum atomic E-state index is 5.63. The Hall–Kier alpha value is 0.234. The van der Waals surface area contributed by atoms with Crippen molar-refractivity contribution in [1.82, 2.24) is 0 Å². The highest BCUT2D eigenvalue weighted by molar-refractivity contribution is 6.66. The van der Waals surface area contributed by atoms with E-state index in [1.54, 1.807) is 21.3 Å². The summed E-state index contributed by atoms with van der Waals surface area (Å²) in [5, 5.41) is 0. The van der Waals surface area contributed by atoms with Crippen LogP contribution in [0.15, 0.2) is 0 Å². The Morgan fingerprint density at radius 1 is 0.667 bits per heavy atom. The molecule has 0 saturated heterocycles. The van der Waals surface area contributed by atoms with Crippen molar-refractivity contribution in [3.05, 3.63) is 0 Å². The lowest BCUT2D eigenvalue weighted by Gasteiger charge is -2.25. The van der Waals surface area contributed by atoms with Crippen LogP contribution in [0.25, 0.3) is 0 Å². The van der Waals surface area contributed by atoms with Crippen molar-refractivity contribution in [3.63, 3.8) is 0 Å². The van der Waals surface area contributed by atoms with Gasteiger partial charge in [-0.2, -0.15) is 0 Å². The SMILES string of the molecule is CCC[Si](C)(OCC)OCC.CCC[Si](OC)(OC)OC. The van der Waals surface area contributed by atoms with Crippen molar-refractivity contribution in [1.29, 1.82) is 0 Å². The third kappa shape index (κ3) is 10.6. The molecule has 0 fully saturated rings. The lowest BCUT2D eigenvalue weighted by atomic mass is 10.6. The van der Waals surface area contributed by atoms with Crippen molar-refractivity contribution in [2.24, 2.45) is 0 Å². The van der Waals surface area contributed by atoms with E-state index >= 15 is 0 Å². The first kappa shape index (κ1) is 23.5. The van der Waals surface area contributed by atoms with Crippen molar-refractivity contribution in [2.75, 3.05) is 34.5 Å². The average molecular weight is 341 g/mol. The van der Waals surface area contributed by atoms with Gasteiger partial charge in [0.05, 0.1) is 0 Å². The molecule has 0 aromatic heterocycles. The maximum Gasteiger partial charge on any atom is 0.500 e. The lowest BCUT2D eigenvalue weighted by Crippen LogP contribution is -2.42. The van der Waals surface area contributed by atoms with Gasteiger partial charge < -0.3 is 22.1 Å². The van der Waals surface area contributed by atoms with Crippen molar-refractivity contribution in [3.8, 4) is 0 Å². The van der Waals surface area contributed by atoms with Gasteiger partial charge in [-0.3, -0.25) is 0 Å². The predicted molar refractivity (Wildman–Crippen MR) is 91.8 cm³/mol. The van der Waals surface area contributed by atoms with E-state index in [1.165, 1.54) is 0 Å². The van der Waals surface area contributed by atoms with Crippen LogP contribution in [0, 0.1) is 0 Å². The minimum Gasteiger partial charge on any atom is -0.395 e. The summed E-state index contributed by atoms with van der Waals surface area (Å²) in [5.41, 5.74) is 0. The molecular formula is C14H36O5Si2. The Kier molecular flexibility index (Phi) is 15.5. The molecule has 0 aliphatic carbocycles. The molecule has 0 amide bonds. The minimum absolute atomic E-state index is 0.780. The van der Waals surface area contributed by atoms with Crippen LogP contribution in [0.2, 0.25) is 18.6 Å². The molecule has 0 N–H and O–H groups in total. The van der Waals surface area contributed by atoms with E-state index in [4.69, 9.17) is 22.1 Å². The smallest absolute Gasteiger partial charge is 0.395 e. The quantitative estimate of drug-likeness (QED) is 0.535. The third-order valence-corrected chi connectivity index (χ3v) is 9.28. The first-order valence-corrected chi connectivity index (χ1v) is 12.3. The van der Waals surface area contributed by atoms with E-state index < -0.39 is 17.4 Å². The van der Waals surface area contributed by atoms with Gasteiger partial charge in [0.25, 0.3) is 0 Å². The van der Waals surface area contributed by atoms with Crippen LogP contribution < -0.4 is 0 Å². The molecule has 7 heteroatoms. The third-order valence-electron chi connectivity index (χ3n) is 3.09. The highest BCUT2D eigenvalue weighted by Gasteiger charge is 2.36. The molecular weight excluding hydrogens is 304 g/mol. The second kappa shape index (κ2) is 13.9. The summed E-state index contributed by atoms with van der Waals surface area (Å²) >= 11 is 0. The molecule has 5 nitrogen and oxygen atoms in total. The largest absolute Gasteiger partial charge is 0.500 e. The fraction of sp³-hybridized carbons (Fsp3) is 1.00. The Morgan fingerprint density at radius 3 is 1.24 bits per heavy atom. The first-order valence-electron chi connectivity index (χ1n) is 7.86. The highest BCUT2D eigenvalue weighted by atomic mass is 28.4. The maximum absolute atomic E-state index is 5.63. The molecule has 0 atom stereocenters. The first-order chi connectivity index (χ1) is 9.92. The number of hydrogen-bond donors (Lipinski definition) is 0. The fourth-order valence-corrected chi connectivity index (χ4v) is 6.34. The summed E-state index contributed by atoms with van der Waals surface area (Å²) in [5.74, 6) is 0. The molecule has 0 saturated carbocycles. The van der Waals surface area contributed by atoms with Gasteiger partial charge in [0.2, 0.25) is 0 Å². The Balaban J connectivity index is 0. The molecule has 21 heavy (non-hydrogen) atoms. The molecule has 130 valence electrons. The van der Waals surface area contributed by atoms with Gasteiger partial charge >= 0.3 is 17.4 Å². The zero-order valence-electron chi connectivity index (χ0n) is 15.3. The second-order valence-electron chi connectivity index (χ2n) is 4.80. The standard InChI is InChI=1S/C8H20O2Si.C6H16O3Si/c1-5-8-11(4,9-6-2)10-7-3;1-5-6-10(7-2,8-3)9-4/h5-8H2,1-4H3;5-6H2,1-4H3. The van der Waals surface area contributed by atoms with Crippen LogP contribution >= 0.6 is 0 Å². The molecule has 0 heterocycles. The minimum atomic E-state index is -2.22. The molecule has 0 bridgehead atoms. The van der Waals surface area contributed by atoms with Crippen LogP contribution in [-0.4, -0.2) is 51.9 Å².